The minimum atomic E-state index is -0.571. The molecule has 1 amide bonds. The van der Waals surface area contributed by atoms with Crippen LogP contribution in [-0.2, 0) is 9.47 Å². The van der Waals surface area contributed by atoms with Gasteiger partial charge < -0.3 is 14.8 Å². The van der Waals surface area contributed by atoms with E-state index in [0.717, 1.165) is 24.0 Å². The van der Waals surface area contributed by atoms with Crippen LogP contribution in [0.3, 0.4) is 0 Å². The highest BCUT2D eigenvalue weighted by molar-refractivity contribution is 9.11. The Bertz CT molecular complexity index is 479. The van der Waals surface area contributed by atoms with Crippen molar-refractivity contribution in [2.75, 3.05) is 19.6 Å². The summed E-state index contributed by atoms with van der Waals surface area (Å²) in [5.74, 6) is 0.495. The van der Waals surface area contributed by atoms with Gasteiger partial charge in [0, 0.05) is 11.0 Å². The van der Waals surface area contributed by atoms with Crippen LogP contribution in [0, 0.1) is 0 Å². The fourth-order valence-electron chi connectivity index (χ4n) is 2.05. The smallest absolute Gasteiger partial charge is 0.415 e. The average molecular weight is 380 g/mol. The normalized spacial score (nSPS) is 23.2. The summed E-state index contributed by atoms with van der Waals surface area (Å²) in [6, 6.07) is 0. The van der Waals surface area contributed by atoms with Crippen LogP contribution < -0.4 is 5.32 Å². The Morgan fingerprint density at radius 1 is 1.52 bits per heavy atom. The molecule has 2 aliphatic rings. The van der Waals surface area contributed by atoms with Crippen LogP contribution in [0.1, 0.15) is 27.2 Å². The Labute approximate surface area is 138 Å². The van der Waals surface area contributed by atoms with E-state index in [1.165, 1.54) is 4.90 Å². The summed E-state index contributed by atoms with van der Waals surface area (Å²) in [5.41, 5.74) is -0.571. The number of allylic oxidation sites excluding steroid dienone is 1. The van der Waals surface area contributed by atoms with Gasteiger partial charge in [-0.3, -0.25) is 4.90 Å². The van der Waals surface area contributed by atoms with Gasteiger partial charge in [0.2, 0.25) is 0 Å². The van der Waals surface area contributed by atoms with Gasteiger partial charge in [-0.1, -0.05) is 27.5 Å². The Kier molecular flexibility index (Phi) is 5.22. The molecule has 0 spiro atoms. The Balaban J connectivity index is 2.13. The van der Waals surface area contributed by atoms with E-state index in [-0.39, 0.29) is 11.3 Å². The first-order valence-corrected chi connectivity index (χ1v) is 8.07. The molecule has 0 aromatic rings. The van der Waals surface area contributed by atoms with Crippen molar-refractivity contribution in [2.45, 2.75) is 38.9 Å². The zero-order valence-corrected chi connectivity index (χ0v) is 14.8. The summed E-state index contributed by atoms with van der Waals surface area (Å²) in [4.78, 5) is 13.6. The molecule has 0 saturated carbocycles. The lowest BCUT2D eigenvalue weighted by Crippen LogP contribution is -2.38. The van der Waals surface area contributed by atoms with Crippen molar-refractivity contribution in [1.29, 1.82) is 0 Å². The van der Waals surface area contributed by atoms with Crippen molar-refractivity contribution in [3.63, 3.8) is 0 Å². The van der Waals surface area contributed by atoms with E-state index >= 15 is 0 Å². The van der Waals surface area contributed by atoms with E-state index in [9.17, 15) is 4.79 Å². The first kappa shape index (κ1) is 16.6. The lowest BCUT2D eigenvalue weighted by Gasteiger charge is -2.30. The summed E-state index contributed by atoms with van der Waals surface area (Å²) < 4.78 is 12.1. The fraction of sp³-hybridized carbons (Fsp3) is 0.643. The van der Waals surface area contributed by atoms with E-state index in [4.69, 9.17) is 21.1 Å². The van der Waals surface area contributed by atoms with Crippen LogP contribution in [-0.4, -0.2) is 42.3 Å². The van der Waals surface area contributed by atoms with E-state index in [1.54, 1.807) is 0 Å². The number of rotatable bonds is 2. The molecule has 1 fully saturated rings. The number of carbonyl (C=O) groups excluding carboxylic acids is 1. The molecule has 0 bridgehead atoms. The molecule has 2 heterocycles. The largest absolute Gasteiger partial charge is 0.486 e. The SMILES string of the molecule is CC(C)(C)OC(=O)N1CC(Br)=CC(O[C@@H]2CCNC2)=C1Cl. The topological polar surface area (TPSA) is 50.8 Å². The summed E-state index contributed by atoms with van der Waals surface area (Å²) in [5, 5.41) is 3.49. The molecule has 2 aliphatic heterocycles. The van der Waals surface area contributed by atoms with Crippen molar-refractivity contribution in [3.8, 4) is 0 Å². The number of ether oxygens (including phenoxy) is 2. The third-order valence-corrected chi connectivity index (χ3v) is 3.83. The van der Waals surface area contributed by atoms with Crippen LogP contribution in [0.4, 0.5) is 4.79 Å². The molecule has 1 saturated heterocycles. The van der Waals surface area contributed by atoms with Crippen molar-refractivity contribution in [3.05, 3.63) is 21.5 Å². The molecule has 5 nitrogen and oxygen atoms in total. The monoisotopic (exact) mass is 378 g/mol. The highest BCUT2D eigenvalue weighted by Gasteiger charge is 2.30. The maximum absolute atomic E-state index is 12.2. The molecule has 0 unspecified atom stereocenters. The van der Waals surface area contributed by atoms with E-state index in [1.807, 2.05) is 26.8 Å². The van der Waals surface area contributed by atoms with Gasteiger partial charge >= 0.3 is 6.09 Å². The second-order valence-corrected chi connectivity index (χ2v) is 7.42. The molecular weight excluding hydrogens is 360 g/mol. The van der Waals surface area contributed by atoms with Gasteiger partial charge in [0.25, 0.3) is 0 Å². The molecule has 1 atom stereocenters. The Morgan fingerprint density at radius 2 is 2.24 bits per heavy atom. The van der Waals surface area contributed by atoms with Gasteiger partial charge in [-0.15, -0.1) is 0 Å². The second-order valence-electron chi connectivity index (χ2n) is 6.05. The van der Waals surface area contributed by atoms with Crippen molar-refractivity contribution in [2.24, 2.45) is 0 Å². The van der Waals surface area contributed by atoms with Crippen molar-refractivity contribution in [1.82, 2.24) is 10.2 Å². The van der Waals surface area contributed by atoms with Gasteiger partial charge in [-0.2, -0.15) is 0 Å². The maximum Gasteiger partial charge on any atom is 0.415 e. The van der Waals surface area contributed by atoms with Crippen LogP contribution >= 0.6 is 27.5 Å². The van der Waals surface area contributed by atoms with Crippen molar-refractivity contribution >= 4 is 33.6 Å². The Hall–Kier alpha value is -0.720. The minimum absolute atomic E-state index is 0.0730. The molecule has 0 aliphatic carbocycles. The average Bonchev–Trinajstić information content (AvgIpc) is 2.84. The number of halogens is 2. The number of hydrogen-bond donors (Lipinski definition) is 1. The molecule has 2 rings (SSSR count). The molecule has 118 valence electrons. The summed E-state index contributed by atoms with van der Waals surface area (Å²) in [7, 11) is 0. The predicted molar refractivity (Wildman–Crippen MR) is 85.2 cm³/mol. The second kappa shape index (κ2) is 6.58. The summed E-state index contributed by atoms with van der Waals surface area (Å²) in [6.07, 6.45) is 2.32. The molecule has 0 aromatic heterocycles. The number of carbonyl (C=O) groups is 1. The van der Waals surface area contributed by atoms with E-state index in [2.05, 4.69) is 21.2 Å². The van der Waals surface area contributed by atoms with Crippen molar-refractivity contribution < 1.29 is 14.3 Å². The van der Waals surface area contributed by atoms with Gasteiger partial charge in [-0.25, -0.2) is 4.79 Å². The van der Waals surface area contributed by atoms with Crippen LogP contribution in [0.25, 0.3) is 0 Å². The lowest BCUT2D eigenvalue weighted by atomic mass is 10.2. The molecule has 0 aromatic carbocycles. The summed E-state index contributed by atoms with van der Waals surface area (Å²) >= 11 is 9.73. The number of hydrogen-bond acceptors (Lipinski definition) is 4. The van der Waals surface area contributed by atoms with E-state index < -0.39 is 11.7 Å². The summed E-state index contributed by atoms with van der Waals surface area (Å²) in [6.45, 7) is 7.50. The van der Waals surface area contributed by atoms with Crippen LogP contribution in [0.5, 0.6) is 0 Å². The van der Waals surface area contributed by atoms with Gasteiger partial charge in [-0.05, 0) is 39.8 Å². The number of nitrogens with one attached hydrogen (secondary N) is 1. The third kappa shape index (κ3) is 4.63. The van der Waals surface area contributed by atoms with Gasteiger partial charge in [0.15, 0.2) is 10.9 Å². The quantitative estimate of drug-likeness (QED) is 0.748. The third-order valence-electron chi connectivity index (χ3n) is 2.96. The highest BCUT2D eigenvalue weighted by Crippen LogP contribution is 2.30. The predicted octanol–water partition coefficient (Wildman–Crippen LogP) is 3.30. The van der Waals surface area contributed by atoms with Crippen LogP contribution in [0.2, 0.25) is 0 Å². The standard InChI is InChI=1S/C14H20BrClN2O3/c1-14(2,3)21-13(19)18-8-9(15)6-11(12(18)16)20-10-4-5-17-7-10/h6,10,17H,4-5,7-8H2,1-3H3/t10-/m1/s1. The molecular formula is C14H20BrClN2O3. The fourth-order valence-corrected chi connectivity index (χ4v) is 2.74. The van der Waals surface area contributed by atoms with E-state index in [0.29, 0.717) is 12.3 Å². The van der Waals surface area contributed by atoms with Crippen LogP contribution in [0.15, 0.2) is 21.5 Å². The zero-order valence-electron chi connectivity index (χ0n) is 12.4. The molecule has 7 heteroatoms. The zero-order chi connectivity index (χ0) is 15.6. The highest BCUT2D eigenvalue weighted by atomic mass is 79.9. The van der Waals surface area contributed by atoms with Gasteiger partial charge in [0.05, 0.1) is 6.54 Å². The number of nitrogens with zero attached hydrogens (tertiary/aromatic N) is 1. The molecule has 0 radical (unpaired) electrons. The van der Waals surface area contributed by atoms with Gasteiger partial charge in [0.1, 0.15) is 11.7 Å². The first-order chi connectivity index (χ1) is 9.76. The minimum Gasteiger partial charge on any atom is -0.486 e. The molecule has 21 heavy (non-hydrogen) atoms. The first-order valence-electron chi connectivity index (χ1n) is 6.90. The Morgan fingerprint density at radius 3 is 2.81 bits per heavy atom. The number of amides is 1. The lowest BCUT2D eigenvalue weighted by molar-refractivity contribution is 0.0322. The molecule has 1 N–H and O–H groups in total. The maximum atomic E-state index is 12.2.